The molecule has 3 heteroatoms. The smallest absolute Gasteiger partial charge is 0.0550 e. The summed E-state index contributed by atoms with van der Waals surface area (Å²) in [5, 5.41) is 19.5. The van der Waals surface area contributed by atoms with Gasteiger partial charge < -0.3 is 10.2 Å². The molecule has 0 aromatic heterocycles. The highest BCUT2D eigenvalue weighted by Gasteiger charge is 2.32. The molecule has 18 heavy (non-hydrogen) atoms. The Balaban J connectivity index is 2.99. The Labute approximate surface area is 118 Å². The first-order valence-corrected chi connectivity index (χ1v) is 7.10. The summed E-state index contributed by atoms with van der Waals surface area (Å²) >= 11 is 3.44. The number of hydrogen-bond donors (Lipinski definition) is 2. The molecule has 0 fully saturated rings. The fourth-order valence-electron chi connectivity index (χ4n) is 1.97. The maximum Gasteiger partial charge on any atom is 0.0550 e. The molecular formula is C15H23BrO2. The topological polar surface area (TPSA) is 40.5 Å². The fraction of sp³-hybridized carbons (Fsp3) is 0.600. The van der Waals surface area contributed by atoms with E-state index in [1.54, 1.807) is 0 Å². The van der Waals surface area contributed by atoms with E-state index in [0.717, 1.165) is 22.9 Å². The highest BCUT2D eigenvalue weighted by molar-refractivity contribution is 9.10. The minimum Gasteiger partial charge on any atom is -0.395 e. The van der Waals surface area contributed by atoms with Crippen molar-refractivity contribution in [3.8, 4) is 0 Å². The van der Waals surface area contributed by atoms with Crippen LogP contribution in [0.25, 0.3) is 0 Å². The van der Waals surface area contributed by atoms with Gasteiger partial charge in [-0.1, -0.05) is 48.8 Å². The SMILES string of the molecule is CC(C)(C)CCC(CO)(CO)c1cccc(Br)c1. The first-order valence-electron chi connectivity index (χ1n) is 6.31. The monoisotopic (exact) mass is 314 g/mol. The van der Waals surface area contributed by atoms with Gasteiger partial charge in [-0.05, 0) is 36.0 Å². The molecule has 1 aromatic rings. The number of rotatable bonds is 5. The third-order valence-corrected chi connectivity index (χ3v) is 3.89. The number of aliphatic hydroxyl groups is 2. The van der Waals surface area contributed by atoms with Crippen LogP contribution in [0, 0.1) is 5.41 Å². The maximum absolute atomic E-state index is 9.74. The van der Waals surface area contributed by atoms with Crippen LogP contribution in [0.3, 0.4) is 0 Å². The van der Waals surface area contributed by atoms with Gasteiger partial charge in [0.25, 0.3) is 0 Å². The largest absolute Gasteiger partial charge is 0.395 e. The van der Waals surface area contributed by atoms with Crippen molar-refractivity contribution in [3.63, 3.8) is 0 Å². The molecule has 102 valence electrons. The van der Waals surface area contributed by atoms with Crippen molar-refractivity contribution in [1.29, 1.82) is 0 Å². The van der Waals surface area contributed by atoms with Crippen molar-refractivity contribution in [2.24, 2.45) is 5.41 Å². The summed E-state index contributed by atoms with van der Waals surface area (Å²) in [6, 6.07) is 7.85. The highest BCUT2D eigenvalue weighted by atomic mass is 79.9. The van der Waals surface area contributed by atoms with Crippen molar-refractivity contribution in [2.75, 3.05) is 13.2 Å². The van der Waals surface area contributed by atoms with E-state index in [9.17, 15) is 10.2 Å². The van der Waals surface area contributed by atoms with Crippen LogP contribution < -0.4 is 0 Å². The zero-order valence-electron chi connectivity index (χ0n) is 11.4. The molecule has 0 bridgehead atoms. The molecule has 0 aliphatic rings. The van der Waals surface area contributed by atoms with Crippen molar-refractivity contribution in [3.05, 3.63) is 34.3 Å². The van der Waals surface area contributed by atoms with E-state index < -0.39 is 5.41 Å². The summed E-state index contributed by atoms with van der Waals surface area (Å²) in [5.74, 6) is 0. The number of halogens is 1. The van der Waals surface area contributed by atoms with Gasteiger partial charge in [0.1, 0.15) is 0 Å². The van der Waals surface area contributed by atoms with Crippen LogP contribution in [0.15, 0.2) is 28.7 Å². The molecule has 0 aliphatic heterocycles. The number of aliphatic hydroxyl groups excluding tert-OH is 2. The van der Waals surface area contributed by atoms with Gasteiger partial charge in [-0.25, -0.2) is 0 Å². The summed E-state index contributed by atoms with van der Waals surface area (Å²) < 4.78 is 0.974. The molecule has 0 aliphatic carbocycles. The van der Waals surface area contributed by atoms with Crippen molar-refractivity contribution in [1.82, 2.24) is 0 Å². The van der Waals surface area contributed by atoms with Crippen molar-refractivity contribution < 1.29 is 10.2 Å². The molecule has 0 heterocycles. The number of hydrogen-bond acceptors (Lipinski definition) is 2. The molecule has 0 amide bonds. The van der Waals surface area contributed by atoms with Gasteiger partial charge in [-0.3, -0.25) is 0 Å². The second-order valence-corrected chi connectivity index (χ2v) is 7.08. The summed E-state index contributed by atoms with van der Waals surface area (Å²) in [6.45, 7) is 6.46. The summed E-state index contributed by atoms with van der Waals surface area (Å²) in [7, 11) is 0. The van der Waals surface area contributed by atoms with E-state index in [1.165, 1.54) is 0 Å². The third kappa shape index (κ3) is 4.08. The van der Waals surface area contributed by atoms with Gasteiger partial charge in [-0.2, -0.15) is 0 Å². The standard InChI is InChI=1S/C15H23BrO2/c1-14(2,3)7-8-15(10-17,11-18)12-5-4-6-13(16)9-12/h4-6,9,17-18H,7-8,10-11H2,1-3H3. The van der Waals surface area contributed by atoms with Crippen molar-refractivity contribution >= 4 is 15.9 Å². The Morgan fingerprint density at radius 1 is 1.06 bits per heavy atom. The molecule has 1 aromatic carbocycles. The lowest BCUT2D eigenvalue weighted by Gasteiger charge is -2.33. The molecule has 0 radical (unpaired) electrons. The molecule has 0 saturated heterocycles. The molecule has 0 unspecified atom stereocenters. The van der Waals surface area contributed by atoms with E-state index in [4.69, 9.17) is 0 Å². The average Bonchev–Trinajstić information content (AvgIpc) is 2.30. The maximum atomic E-state index is 9.74. The Morgan fingerprint density at radius 3 is 2.11 bits per heavy atom. The van der Waals surface area contributed by atoms with Gasteiger partial charge in [0.2, 0.25) is 0 Å². The van der Waals surface area contributed by atoms with Crippen LogP contribution in [0.2, 0.25) is 0 Å². The quantitative estimate of drug-likeness (QED) is 0.873. The lowest BCUT2D eigenvalue weighted by atomic mass is 9.74. The van der Waals surface area contributed by atoms with E-state index in [1.807, 2.05) is 24.3 Å². The number of benzene rings is 1. The highest BCUT2D eigenvalue weighted by Crippen LogP contribution is 2.34. The van der Waals surface area contributed by atoms with Crippen LogP contribution in [-0.4, -0.2) is 23.4 Å². The van der Waals surface area contributed by atoms with Crippen LogP contribution in [0.4, 0.5) is 0 Å². The second kappa shape index (κ2) is 6.18. The Morgan fingerprint density at radius 2 is 1.67 bits per heavy atom. The molecule has 1 rings (SSSR count). The van der Waals surface area contributed by atoms with Crippen molar-refractivity contribution in [2.45, 2.75) is 39.0 Å². The van der Waals surface area contributed by atoms with E-state index >= 15 is 0 Å². The molecule has 0 saturated carbocycles. The average molecular weight is 315 g/mol. The van der Waals surface area contributed by atoms with Gasteiger partial charge in [0.15, 0.2) is 0 Å². The first-order chi connectivity index (χ1) is 8.33. The van der Waals surface area contributed by atoms with Gasteiger partial charge in [0, 0.05) is 9.89 Å². The summed E-state index contributed by atoms with van der Waals surface area (Å²) in [6.07, 6.45) is 1.74. The molecular weight excluding hydrogens is 292 g/mol. The van der Waals surface area contributed by atoms with Crippen LogP contribution in [0.5, 0.6) is 0 Å². The van der Waals surface area contributed by atoms with Crippen LogP contribution in [-0.2, 0) is 5.41 Å². The van der Waals surface area contributed by atoms with Gasteiger partial charge >= 0.3 is 0 Å². The first kappa shape index (κ1) is 15.7. The van der Waals surface area contributed by atoms with Crippen LogP contribution in [0.1, 0.15) is 39.2 Å². The Hall–Kier alpha value is -0.380. The van der Waals surface area contributed by atoms with Gasteiger partial charge in [0.05, 0.1) is 13.2 Å². The molecule has 2 N–H and O–H groups in total. The minimum atomic E-state index is -0.545. The van der Waals surface area contributed by atoms with E-state index in [0.29, 0.717) is 0 Å². The lowest BCUT2D eigenvalue weighted by Crippen LogP contribution is -2.36. The zero-order valence-corrected chi connectivity index (χ0v) is 13.0. The second-order valence-electron chi connectivity index (χ2n) is 6.17. The van der Waals surface area contributed by atoms with E-state index in [2.05, 4.69) is 36.7 Å². The molecule has 2 nitrogen and oxygen atoms in total. The van der Waals surface area contributed by atoms with Gasteiger partial charge in [-0.15, -0.1) is 0 Å². The fourth-order valence-corrected chi connectivity index (χ4v) is 2.37. The zero-order chi connectivity index (χ0) is 13.8. The Bertz CT molecular complexity index is 378. The normalized spacial score (nSPS) is 12.8. The minimum absolute atomic E-state index is 0.0317. The predicted molar refractivity (Wildman–Crippen MR) is 78.7 cm³/mol. The molecule has 0 spiro atoms. The summed E-state index contributed by atoms with van der Waals surface area (Å²) in [5.41, 5.74) is 0.643. The predicted octanol–water partition coefficient (Wildman–Crippen LogP) is 3.50. The lowest BCUT2D eigenvalue weighted by molar-refractivity contribution is 0.0987. The Kier molecular flexibility index (Phi) is 5.38. The van der Waals surface area contributed by atoms with E-state index in [-0.39, 0.29) is 18.6 Å². The molecule has 0 atom stereocenters. The summed E-state index contributed by atoms with van der Waals surface area (Å²) in [4.78, 5) is 0. The van der Waals surface area contributed by atoms with Crippen LogP contribution >= 0.6 is 15.9 Å². The third-order valence-electron chi connectivity index (χ3n) is 3.40.